The normalized spacial score (nSPS) is 11.9. The lowest BCUT2D eigenvalue weighted by Crippen LogP contribution is -2.23. The number of fused-ring (bicyclic) bond motifs is 1. The van der Waals surface area contributed by atoms with Gasteiger partial charge in [-0.15, -0.1) is 11.3 Å². The number of H-pyrrole nitrogens is 1. The zero-order valence-electron chi connectivity index (χ0n) is 18.0. The molecule has 0 radical (unpaired) electrons. The Kier molecular flexibility index (Phi) is 6.66. The average Bonchev–Trinajstić information content (AvgIpc) is 3.24. The topological polar surface area (TPSA) is 93.3 Å². The molecule has 10 heteroatoms. The van der Waals surface area contributed by atoms with E-state index < -0.39 is 5.25 Å². The summed E-state index contributed by atoms with van der Waals surface area (Å²) in [6, 6.07) is 11.0. The van der Waals surface area contributed by atoms with E-state index in [4.69, 9.17) is 9.47 Å². The third kappa shape index (κ3) is 4.86. The lowest BCUT2D eigenvalue weighted by Gasteiger charge is -2.13. The second kappa shape index (κ2) is 9.63. The third-order valence-electron chi connectivity index (χ3n) is 4.89. The second-order valence-corrected chi connectivity index (χ2v) is 9.21. The predicted molar refractivity (Wildman–Crippen MR) is 129 cm³/mol. The molecule has 0 aliphatic carbocycles. The summed E-state index contributed by atoms with van der Waals surface area (Å²) in [6.45, 7) is 1.73. The van der Waals surface area contributed by atoms with Crippen LogP contribution in [0.3, 0.4) is 0 Å². The first-order valence-electron chi connectivity index (χ1n) is 9.86. The van der Waals surface area contributed by atoms with E-state index in [0.29, 0.717) is 38.1 Å². The number of hydrogen-bond acceptors (Lipinski definition) is 7. The third-order valence-corrected chi connectivity index (χ3v) is 6.74. The number of benzene rings is 2. The van der Waals surface area contributed by atoms with E-state index in [1.54, 1.807) is 37.3 Å². The van der Waals surface area contributed by atoms with E-state index in [1.807, 2.05) is 5.38 Å². The van der Waals surface area contributed by atoms with E-state index in [2.05, 4.69) is 15.3 Å². The standard InChI is InChI=1S/C23H20FN3O4S2/c1-12(20(28)25-15-8-9-17(30-2)18(10-15)31-3)33-23-26-21(29)19-16(11-32-22(19)27-23)13-4-6-14(24)7-5-13/h4-12H,1-3H3,(H,25,28)(H,26,27,29). The molecule has 0 fully saturated rings. The Balaban J connectivity index is 1.52. The molecule has 4 rings (SSSR count). The fraction of sp³-hybridized carbons (Fsp3) is 0.174. The minimum Gasteiger partial charge on any atom is -0.493 e. The van der Waals surface area contributed by atoms with Crippen molar-refractivity contribution in [3.05, 3.63) is 64.0 Å². The van der Waals surface area contributed by atoms with E-state index in [0.717, 1.165) is 17.3 Å². The number of thiophene rings is 1. The van der Waals surface area contributed by atoms with Crippen LogP contribution >= 0.6 is 23.1 Å². The number of hydrogen-bond donors (Lipinski definition) is 2. The van der Waals surface area contributed by atoms with Crippen molar-refractivity contribution in [1.82, 2.24) is 9.97 Å². The van der Waals surface area contributed by atoms with Crippen LogP contribution in [0.1, 0.15) is 6.92 Å². The van der Waals surface area contributed by atoms with Crippen molar-refractivity contribution >= 4 is 44.9 Å². The summed E-state index contributed by atoms with van der Waals surface area (Å²) in [5, 5.41) is 4.90. The van der Waals surface area contributed by atoms with Crippen LogP contribution in [-0.2, 0) is 4.79 Å². The molecule has 170 valence electrons. The minimum atomic E-state index is -0.532. The fourth-order valence-corrected chi connectivity index (χ4v) is 5.01. The number of aromatic nitrogens is 2. The number of carbonyl (C=O) groups excluding carboxylic acids is 1. The van der Waals surface area contributed by atoms with Gasteiger partial charge >= 0.3 is 0 Å². The van der Waals surface area contributed by atoms with Crippen LogP contribution in [0.4, 0.5) is 10.1 Å². The molecule has 2 heterocycles. The number of ether oxygens (including phenoxy) is 2. The van der Waals surface area contributed by atoms with Gasteiger partial charge in [0.25, 0.3) is 5.56 Å². The quantitative estimate of drug-likeness (QED) is 0.285. The number of thioether (sulfide) groups is 1. The first-order chi connectivity index (χ1) is 15.9. The number of nitrogens with one attached hydrogen (secondary N) is 2. The molecule has 4 aromatic rings. The molecule has 2 aromatic heterocycles. The number of halogens is 1. The fourth-order valence-electron chi connectivity index (χ4n) is 3.21. The Bertz CT molecular complexity index is 1370. The number of methoxy groups -OCH3 is 2. The molecule has 7 nitrogen and oxygen atoms in total. The molecule has 0 aliphatic rings. The Morgan fingerprint density at radius 2 is 1.88 bits per heavy atom. The molecule has 1 unspecified atom stereocenters. The SMILES string of the molecule is COc1ccc(NC(=O)C(C)Sc2nc3scc(-c4ccc(F)cc4)c3c(=O)[nH]2)cc1OC. The molecule has 1 atom stereocenters. The van der Waals surface area contributed by atoms with Gasteiger partial charge in [0.2, 0.25) is 5.91 Å². The van der Waals surface area contributed by atoms with Gasteiger partial charge in [0.15, 0.2) is 16.7 Å². The van der Waals surface area contributed by atoms with Gasteiger partial charge < -0.3 is 19.8 Å². The Morgan fingerprint density at radius 3 is 2.58 bits per heavy atom. The molecular formula is C23H20FN3O4S2. The zero-order valence-corrected chi connectivity index (χ0v) is 19.6. The van der Waals surface area contributed by atoms with Gasteiger partial charge in [-0.1, -0.05) is 23.9 Å². The Hall–Kier alpha value is -3.37. The maximum Gasteiger partial charge on any atom is 0.260 e. The number of amides is 1. The molecule has 0 aliphatic heterocycles. The van der Waals surface area contributed by atoms with Gasteiger partial charge in [-0.05, 0) is 36.8 Å². The smallest absolute Gasteiger partial charge is 0.260 e. The van der Waals surface area contributed by atoms with Gasteiger partial charge in [0.05, 0.1) is 24.9 Å². The summed E-state index contributed by atoms with van der Waals surface area (Å²) in [5.41, 5.74) is 1.68. The highest BCUT2D eigenvalue weighted by atomic mass is 32.2. The number of rotatable bonds is 7. The summed E-state index contributed by atoms with van der Waals surface area (Å²) in [4.78, 5) is 33.3. The molecule has 33 heavy (non-hydrogen) atoms. The summed E-state index contributed by atoms with van der Waals surface area (Å²) >= 11 is 2.47. The molecule has 0 saturated carbocycles. The average molecular weight is 486 g/mol. The zero-order chi connectivity index (χ0) is 23.5. The van der Waals surface area contributed by atoms with Crippen molar-refractivity contribution in [1.29, 1.82) is 0 Å². The first-order valence-corrected chi connectivity index (χ1v) is 11.6. The summed E-state index contributed by atoms with van der Waals surface area (Å²) < 4.78 is 23.7. The lowest BCUT2D eigenvalue weighted by molar-refractivity contribution is -0.115. The minimum absolute atomic E-state index is 0.256. The Morgan fingerprint density at radius 1 is 1.15 bits per heavy atom. The van der Waals surface area contributed by atoms with Crippen LogP contribution in [0, 0.1) is 5.82 Å². The van der Waals surface area contributed by atoms with E-state index in [1.165, 1.54) is 37.7 Å². The predicted octanol–water partition coefficient (Wildman–Crippen LogP) is 4.93. The summed E-state index contributed by atoms with van der Waals surface area (Å²) in [5.74, 6) is 0.461. The summed E-state index contributed by atoms with van der Waals surface area (Å²) in [7, 11) is 3.06. The van der Waals surface area contributed by atoms with Crippen molar-refractivity contribution in [2.45, 2.75) is 17.3 Å². The van der Waals surface area contributed by atoms with Crippen LogP contribution in [0.5, 0.6) is 11.5 Å². The van der Waals surface area contributed by atoms with E-state index in [-0.39, 0.29) is 17.3 Å². The van der Waals surface area contributed by atoms with Crippen molar-refractivity contribution < 1.29 is 18.7 Å². The van der Waals surface area contributed by atoms with Gasteiger partial charge in [0, 0.05) is 22.7 Å². The number of nitrogens with zero attached hydrogens (tertiary/aromatic N) is 1. The molecule has 1 amide bonds. The maximum absolute atomic E-state index is 13.2. The van der Waals surface area contributed by atoms with Crippen molar-refractivity contribution in [3.63, 3.8) is 0 Å². The van der Waals surface area contributed by atoms with Crippen molar-refractivity contribution in [2.24, 2.45) is 0 Å². The van der Waals surface area contributed by atoms with Crippen LogP contribution in [0.15, 0.2) is 57.8 Å². The molecule has 0 bridgehead atoms. The molecule has 2 N–H and O–H groups in total. The molecular weight excluding hydrogens is 465 g/mol. The van der Waals surface area contributed by atoms with Gasteiger partial charge in [-0.25, -0.2) is 9.37 Å². The number of carbonyl (C=O) groups is 1. The van der Waals surface area contributed by atoms with E-state index in [9.17, 15) is 14.0 Å². The van der Waals surface area contributed by atoms with Crippen LogP contribution in [0.25, 0.3) is 21.3 Å². The first kappa shape index (κ1) is 22.8. The van der Waals surface area contributed by atoms with Crippen LogP contribution in [0.2, 0.25) is 0 Å². The van der Waals surface area contributed by atoms with Gasteiger partial charge in [-0.3, -0.25) is 9.59 Å². The maximum atomic E-state index is 13.2. The largest absolute Gasteiger partial charge is 0.493 e. The number of aromatic amines is 1. The highest BCUT2D eigenvalue weighted by molar-refractivity contribution is 8.00. The van der Waals surface area contributed by atoms with E-state index >= 15 is 0 Å². The Labute approximate surface area is 197 Å². The van der Waals surface area contributed by atoms with Gasteiger partial charge in [-0.2, -0.15) is 0 Å². The van der Waals surface area contributed by atoms with Crippen LogP contribution in [-0.4, -0.2) is 35.3 Å². The highest BCUT2D eigenvalue weighted by Crippen LogP contribution is 2.33. The van der Waals surface area contributed by atoms with Crippen LogP contribution < -0.4 is 20.3 Å². The molecule has 2 aromatic carbocycles. The summed E-state index contributed by atoms with van der Waals surface area (Å²) in [6.07, 6.45) is 0. The monoisotopic (exact) mass is 485 g/mol. The van der Waals surface area contributed by atoms with Crippen molar-refractivity contribution in [3.8, 4) is 22.6 Å². The van der Waals surface area contributed by atoms with Gasteiger partial charge in [0.1, 0.15) is 10.6 Å². The molecule has 0 saturated heterocycles. The lowest BCUT2D eigenvalue weighted by atomic mass is 10.1. The number of anilines is 1. The highest BCUT2D eigenvalue weighted by Gasteiger charge is 2.19. The molecule has 0 spiro atoms. The second-order valence-electron chi connectivity index (χ2n) is 7.03. The van der Waals surface area contributed by atoms with Crippen molar-refractivity contribution in [2.75, 3.05) is 19.5 Å².